The van der Waals surface area contributed by atoms with Crippen LogP contribution in [0.5, 0.6) is 0 Å². The summed E-state index contributed by atoms with van der Waals surface area (Å²) in [4.78, 5) is 8.52. The average Bonchev–Trinajstić information content (AvgIpc) is 2.27. The lowest BCUT2D eigenvalue weighted by atomic mass is 10.0. The van der Waals surface area contributed by atoms with Gasteiger partial charge in [0.25, 0.3) is 0 Å². The zero-order valence-electron chi connectivity index (χ0n) is 9.63. The third kappa shape index (κ3) is 2.53. The molecule has 0 radical (unpaired) electrons. The predicted octanol–water partition coefficient (Wildman–Crippen LogP) is 3.27. The second-order valence-corrected chi connectivity index (χ2v) is 4.52. The minimum absolute atomic E-state index is 0.467. The van der Waals surface area contributed by atoms with Gasteiger partial charge in [0.15, 0.2) is 0 Å². The molecule has 1 N–H and O–H groups in total. The maximum Gasteiger partial charge on any atom is 0.137 e. The molecule has 16 heavy (non-hydrogen) atoms. The van der Waals surface area contributed by atoms with Crippen LogP contribution in [0.25, 0.3) is 0 Å². The van der Waals surface area contributed by atoms with Crippen molar-refractivity contribution < 1.29 is 0 Å². The van der Waals surface area contributed by atoms with Gasteiger partial charge in [-0.25, -0.2) is 9.97 Å². The van der Waals surface area contributed by atoms with Crippen molar-refractivity contribution in [2.45, 2.75) is 39.2 Å². The molecule has 0 aromatic carbocycles. The Morgan fingerprint density at radius 1 is 1.31 bits per heavy atom. The van der Waals surface area contributed by atoms with E-state index in [-0.39, 0.29) is 0 Å². The van der Waals surface area contributed by atoms with Gasteiger partial charge in [0, 0.05) is 11.6 Å². The fourth-order valence-electron chi connectivity index (χ4n) is 1.85. The molecule has 0 aliphatic heterocycles. The first-order chi connectivity index (χ1) is 7.66. The summed E-state index contributed by atoms with van der Waals surface area (Å²) in [6, 6.07) is 0.467. The number of nitrogens with zero attached hydrogens (tertiary/aromatic N) is 2. The molecule has 0 saturated carbocycles. The smallest absolute Gasteiger partial charge is 0.137 e. The Labute approximate surface area is 101 Å². The summed E-state index contributed by atoms with van der Waals surface area (Å²) >= 11 is 6.03. The third-order valence-electron chi connectivity index (χ3n) is 2.81. The second kappa shape index (κ2) is 4.83. The normalized spacial score (nSPS) is 19.8. The van der Waals surface area contributed by atoms with Crippen LogP contribution in [0.1, 0.15) is 30.7 Å². The fourth-order valence-corrected chi connectivity index (χ4v) is 2.06. The van der Waals surface area contributed by atoms with Crippen molar-refractivity contribution in [2.24, 2.45) is 0 Å². The van der Waals surface area contributed by atoms with Crippen LogP contribution in [0.3, 0.4) is 0 Å². The highest BCUT2D eigenvalue weighted by molar-refractivity contribution is 6.30. The first-order valence-corrected chi connectivity index (χ1v) is 5.97. The largest absolute Gasteiger partial charge is 0.367 e. The summed E-state index contributed by atoms with van der Waals surface area (Å²) in [5.41, 5.74) is 0.932. The van der Waals surface area contributed by atoms with Gasteiger partial charge in [-0.15, -0.1) is 0 Å². The number of hydrogen-bond acceptors (Lipinski definition) is 3. The Hall–Kier alpha value is -1.09. The quantitative estimate of drug-likeness (QED) is 0.634. The van der Waals surface area contributed by atoms with E-state index in [1.807, 2.05) is 13.8 Å². The lowest BCUT2D eigenvalue weighted by Crippen LogP contribution is -2.22. The molecule has 0 saturated heterocycles. The molecule has 1 aromatic heterocycles. The number of halogens is 1. The van der Waals surface area contributed by atoms with E-state index in [4.69, 9.17) is 11.6 Å². The summed E-state index contributed by atoms with van der Waals surface area (Å²) in [5, 5.41) is 3.99. The molecule has 1 aromatic rings. The number of aryl methyl sites for hydroxylation is 1. The van der Waals surface area contributed by atoms with Crippen molar-refractivity contribution in [1.82, 2.24) is 9.97 Å². The van der Waals surface area contributed by atoms with E-state index in [9.17, 15) is 0 Å². The van der Waals surface area contributed by atoms with Crippen molar-refractivity contribution in [3.63, 3.8) is 0 Å². The van der Waals surface area contributed by atoms with Crippen LogP contribution in [0, 0.1) is 13.8 Å². The van der Waals surface area contributed by atoms with Crippen LogP contribution < -0.4 is 5.32 Å². The van der Waals surface area contributed by atoms with Gasteiger partial charge < -0.3 is 5.32 Å². The van der Waals surface area contributed by atoms with Gasteiger partial charge in [0.05, 0.1) is 0 Å². The summed E-state index contributed by atoms with van der Waals surface area (Å²) in [7, 11) is 0. The summed E-state index contributed by atoms with van der Waals surface area (Å²) in [6.07, 6.45) is 7.78. The lowest BCUT2D eigenvalue weighted by molar-refractivity contribution is 0.640. The van der Waals surface area contributed by atoms with Crippen LogP contribution >= 0.6 is 11.6 Å². The maximum atomic E-state index is 6.03. The van der Waals surface area contributed by atoms with E-state index < -0.39 is 0 Å². The molecule has 4 heteroatoms. The van der Waals surface area contributed by atoms with Crippen molar-refractivity contribution in [2.75, 3.05) is 5.32 Å². The van der Waals surface area contributed by atoms with Gasteiger partial charge in [-0.3, -0.25) is 0 Å². The summed E-state index contributed by atoms with van der Waals surface area (Å²) in [6.45, 7) is 3.81. The van der Waals surface area contributed by atoms with Gasteiger partial charge in [-0.1, -0.05) is 23.8 Å². The topological polar surface area (TPSA) is 37.8 Å². The van der Waals surface area contributed by atoms with Crippen LogP contribution in [0.15, 0.2) is 12.2 Å². The molecule has 0 fully saturated rings. The molecule has 0 amide bonds. The Bertz CT molecular complexity index is 415. The number of aromatic nitrogens is 2. The first-order valence-electron chi connectivity index (χ1n) is 5.59. The SMILES string of the molecule is Cc1nc(Cl)c(C)c(NC2CC=CCC2)n1. The highest BCUT2D eigenvalue weighted by Crippen LogP contribution is 2.22. The molecule has 1 aliphatic rings. The zero-order chi connectivity index (χ0) is 11.5. The van der Waals surface area contributed by atoms with Crippen molar-refractivity contribution in [3.05, 3.63) is 28.7 Å². The predicted molar refractivity (Wildman–Crippen MR) is 66.9 cm³/mol. The standard InChI is InChI=1S/C12H16ClN3/c1-8-11(13)14-9(2)15-12(8)16-10-6-4-3-5-7-10/h3-4,10H,5-7H2,1-2H3,(H,14,15,16). The van der Waals surface area contributed by atoms with Gasteiger partial charge >= 0.3 is 0 Å². The maximum absolute atomic E-state index is 6.03. The highest BCUT2D eigenvalue weighted by Gasteiger charge is 2.13. The summed E-state index contributed by atoms with van der Waals surface area (Å²) in [5.74, 6) is 1.59. The minimum Gasteiger partial charge on any atom is -0.367 e. The van der Waals surface area contributed by atoms with E-state index >= 15 is 0 Å². The molecule has 0 bridgehead atoms. The van der Waals surface area contributed by atoms with Crippen molar-refractivity contribution in [1.29, 1.82) is 0 Å². The summed E-state index contributed by atoms with van der Waals surface area (Å²) < 4.78 is 0. The van der Waals surface area contributed by atoms with E-state index in [1.54, 1.807) is 0 Å². The van der Waals surface area contributed by atoms with Crippen molar-refractivity contribution >= 4 is 17.4 Å². The molecule has 1 aliphatic carbocycles. The highest BCUT2D eigenvalue weighted by atomic mass is 35.5. The van der Waals surface area contributed by atoms with Gasteiger partial charge in [0.2, 0.25) is 0 Å². The Morgan fingerprint density at radius 3 is 2.81 bits per heavy atom. The van der Waals surface area contributed by atoms with Crippen molar-refractivity contribution in [3.8, 4) is 0 Å². The second-order valence-electron chi connectivity index (χ2n) is 4.16. The Balaban J connectivity index is 2.17. The number of nitrogens with one attached hydrogen (secondary N) is 1. The number of rotatable bonds is 2. The van der Waals surface area contributed by atoms with Gasteiger partial charge in [-0.05, 0) is 33.1 Å². The molecule has 1 heterocycles. The van der Waals surface area contributed by atoms with Crippen LogP contribution in [0.4, 0.5) is 5.82 Å². The number of hydrogen-bond donors (Lipinski definition) is 1. The van der Waals surface area contributed by atoms with Crippen LogP contribution in [-0.2, 0) is 0 Å². The molecule has 1 unspecified atom stereocenters. The number of allylic oxidation sites excluding steroid dienone is 1. The minimum atomic E-state index is 0.467. The molecule has 1 atom stereocenters. The zero-order valence-corrected chi connectivity index (χ0v) is 10.4. The van der Waals surface area contributed by atoms with E-state index in [0.29, 0.717) is 17.0 Å². The molecule has 0 spiro atoms. The lowest BCUT2D eigenvalue weighted by Gasteiger charge is -2.21. The number of anilines is 1. The average molecular weight is 238 g/mol. The molecular formula is C12H16ClN3. The molecule has 86 valence electrons. The van der Waals surface area contributed by atoms with Crippen LogP contribution in [0.2, 0.25) is 5.15 Å². The molecule has 3 nitrogen and oxygen atoms in total. The van der Waals surface area contributed by atoms with Gasteiger partial charge in [-0.2, -0.15) is 0 Å². The van der Waals surface area contributed by atoms with E-state index in [1.165, 1.54) is 0 Å². The molecule has 2 rings (SSSR count). The van der Waals surface area contributed by atoms with Gasteiger partial charge in [0.1, 0.15) is 16.8 Å². The third-order valence-corrected chi connectivity index (χ3v) is 3.18. The Morgan fingerprint density at radius 2 is 2.12 bits per heavy atom. The fraction of sp³-hybridized carbons (Fsp3) is 0.500. The first kappa shape index (κ1) is 11.4. The van der Waals surface area contributed by atoms with Crippen LogP contribution in [-0.4, -0.2) is 16.0 Å². The Kier molecular flexibility index (Phi) is 3.44. The van der Waals surface area contributed by atoms with E-state index in [2.05, 4.69) is 27.4 Å². The van der Waals surface area contributed by atoms with E-state index in [0.717, 1.165) is 30.6 Å². The monoisotopic (exact) mass is 237 g/mol. The molecular weight excluding hydrogens is 222 g/mol.